The van der Waals surface area contributed by atoms with E-state index in [0.717, 1.165) is 12.2 Å². The van der Waals surface area contributed by atoms with Crippen molar-refractivity contribution in [3.05, 3.63) is 53.8 Å². The monoisotopic (exact) mass is 508 g/mol. The Morgan fingerprint density at radius 1 is 1.05 bits per heavy atom. The molecule has 37 heavy (non-hydrogen) atoms. The fourth-order valence-corrected chi connectivity index (χ4v) is 4.39. The molecule has 0 saturated carbocycles. The highest BCUT2D eigenvalue weighted by Gasteiger charge is 2.22. The molecule has 0 aliphatic carbocycles. The van der Waals surface area contributed by atoms with Crippen molar-refractivity contribution in [3.63, 3.8) is 0 Å². The number of ether oxygens (including phenoxy) is 5. The van der Waals surface area contributed by atoms with Gasteiger partial charge in [0, 0.05) is 36.4 Å². The zero-order valence-corrected chi connectivity index (χ0v) is 21.5. The Kier molecular flexibility index (Phi) is 8.35. The second kappa shape index (κ2) is 11.8. The van der Waals surface area contributed by atoms with Gasteiger partial charge in [0.05, 0.1) is 57.6 Å². The van der Waals surface area contributed by atoms with Crippen LogP contribution in [0.3, 0.4) is 0 Å². The molecule has 0 saturated heterocycles. The summed E-state index contributed by atoms with van der Waals surface area (Å²) in [6, 6.07) is 10.4. The van der Waals surface area contributed by atoms with Crippen LogP contribution in [-0.2, 0) is 4.74 Å². The third-order valence-electron chi connectivity index (χ3n) is 6.26. The molecule has 2 heterocycles. The number of nitrogens with zero attached hydrogens (tertiary/aromatic N) is 1. The van der Waals surface area contributed by atoms with E-state index >= 15 is 0 Å². The highest BCUT2D eigenvalue weighted by atomic mass is 16.5. The van der Waals surface area contributed by atoms with E-state index < -0.39 is 0 Å². The molecule has 3 aromatic rings. The smallest absolute Gasteiger partial charge is 0.252 e. The average Bonchev–Trinajstić information content (AvgIpc) is 3.44. The predicted octanol–water partition coefficient (Wildman–Crippen LogP) is 4.11. The first kappa shape index (κ1) is 26.1. The first-order valence-corrected chi connectivity index (χ1v) is 12.0. The largest absolute Gasteiger partial charge is 0.498 e. The van der Waals surface area contributed by atoms with Gasteiger partial charge in [-0.3, -0.25) is 4.79 Å². The van der Waals surface area contributed by atoms with E-state index in [1.165, 1.54) is 0 Å². The molecule has 0 spiro atoms. The summed E-state index contributed by atoms with van der Waals surface area (Å²) < 4.78 is 27.5. The molecule has 1 aliphatic heterocycles. The zero-order valence-electron chi connectivity index (χ0n) is 21.5. The molecule has 1 amide bonds. The van der Waals surface area contributed by atoms with Crippen LogP contribution in [0.1, 0.15) is 29.6 Å². The number of methoxy groups -OCH3 is 4. The van der Waals surface area contributed by atoms with Crippen LogP contribution in [0.2, 0.25) is 0 Å². The van der Waals surface area contributed by atoms with E-state index in [-0.39, 0.29) is 18.6 Å². The maximum absolute atomic E-state index is 13.7. The van der Waals surface area contributed by atoms with Crippen molar-refractivity contribution in [2.24, 2.45) is 0 Å². The number of rotatable bonds is 11. The number of amides is 1. The molecule has 9 heteroatoms. The maximum Gasteiger partial charge on any atom is 0.252 e. The van der Waals surface area contributed by atoms with Crippen LogP contribution in [0.4, 0.5) is 0 Å². The summed E-state index contributed by atoms with van der Waals surface area (Å²) in [6.45, 7) is 0.585. The van der Waals surface area contributed by atoms with Gasteiger partial charge in [0.2, 0.25) is 5.75 Å². The lowest BCUT2D eigenvalue weighted by Crippen LogP contribution is -2.36. The Bertz CT molecular complexity index is 1280. The summed E-state index contributed by atoms with van der Waals surface area (Å²) in [7, 11) is 6.21. The molecule has 9 nitrogen and oxygen atoms in total. The third-order valence-corrected chi connectivity index (χ3v) is 6.26. The number of benzene rings is 2. The number of aromatic nitrogens is 1. The van der Waals surface area contributed by atoms with Crippen molar-refractivity contribution in [2.75, 3.05) is 41.7 Å². The Balaban J connectivity index is 1.79. The molecule has 4 rings (SSSR count). The van der Waals surface area contributed by atoms with Gasteiger partial charge in [-0.1, -0.05) is 0 Å². The first-order chi connectivity index (χ1) is 18.0. The zero-order chi connectivity index (χ0) is 26.4. The van der Waals surface area contributed by atoms with E-state index in [1.807, 2.05) is 12.1 Å². The number of carbonyl (C=O) groups is 1. The third kappa shape index (κ3) is 5.72. The molecule has 0 bridgehead atoms. The Hall–Kier alpha value is -3.98. The lowest BCUT2D eigenvalue weighted by Gasteiger charge is -2.20. The van der Waals surface area contributed by atoms with Crippen LogP contribution >= 0.6 is 0 Å². The number of hydrogen-bond acceptors (Lipinski definition) is 8. The normalized spacial score (nSPS) is 13.5. The predicted molar refractivity (Wildman–Crippen MR) is 140 cm³/mol. The van der Waals surface area contributed by atoms with Crippen molar-refractivity contribution in [3.8, 4) is 34.3 Å². The van der Waals surface area contributed by atoms with E-state index in [2.05, 4.69) is 5.32 Å². The second-order valence-electron chi connectivity index (χ2n) is 8.55. The van der Waals surface area contributed by atoms with Gasteiger partial charge in [0.25, 0.3) is 5.91 Å². The average molecular weight is 509 g/mol. The van der Waals surface area contributed by atoms with Crippen LogP contribution in [-0.4, -0.2) is 63.7 Å². The number of hydrogen-bond donors (Lipinski definition) is 2. The summed E-state index contributed by atoms with van der Waals surface area (Å²) >= 11 is 0. The van der Waals surface area contributed by atoms with E-state index in [1.54, 1.807) is 58.8 Å². The summed E-state index contributed by atoms with van der Waals surface area (Å²) in [5, 5.41) is 13.3. The Morgan fingerprint density at radius 3 is 2.41 bits per heavy atom. The molecule has 0 fully saturated rings. The maximum atomic E-state index is 13.7. The summed E-state index contributed by atoms with van der Waals surface area (Å²) in [5.41, 5.74) is 2.30. The molecule has 196 valence electrons. The fraction of sp³-hybridized carbons (Fsp3) is 0.357. The minimum Gasteiger partial charge on any atom is -0.498 e. The van der Waals surface area contributed by atoms with Crippen LogP contribution in [0.15, 0.2) is 48.2 Å². The van der Waals surface area contributed by atoms with Crippen molar-refractivity contribution in [1.82, 2.24) is 10.3 Å². The van der Waals surface area contributed by atoms with Crippen LogP contribution in [0.25, 0.3) is 22.2 Å². The van der Waals surface area contributed by atoms with Gasteiger partial charge < -0.3 is 34.1 Å². The topological polar surface area (TPSA) is 108 Å². The van der Waals surface area contributed by atoms with Gasteiger partial charge in [-0.2, -0.15) is 0 Å². The second-order valence-corrected chi connectivity index (χ2v) is 8.55. The van der Waals surface area contributed by atoms with Crippen molar-refractivity contribution >= 4 is 16.8 Å². The summed E-state index contributed by atoms with van der Waals surface area (Å²) in [5.74, 6) is 2.58. The van der Waals surface area contributed by atoms with Crippen LogP contribution < -0.4 is 24.3 Å². The van der Waals surface area contributed by atoms with Gasteiger partial charge in [0.1, 0.15) is 5.75 Å². The molecule has 0 radical (unpaired) electrons. The Morgan fingerprint density at radius 2 is 1.81 bits per heavy atom. The van der Waals surface area contributed by atoms with Crippen molar-refractivity contribution in [1.29, 1.82) is 0 Å². The number of pyridine rings is 1. The standard InChI is InChI=1S/C28H32N2O7/c1-33-19-7-8-23-21(15-19)22(28(32)29-18(9-10-31)14-20-6-5-11-37-20)16-24(30-23)17-12-25(34-2)27(36-4)26(13-17)35-3/h6-8,12-13,15-16,18,31H,5,9-11,14H2,1-4H3,(H,29,32)/t18-/m0/s1. The minimum atomic E-state index is -0.291. The number of carbonyl (C=O) groups excluding carboxylic acids is 1. The molecule has 1 aliphatic rings. The van der Waals surface area contributed by atoms with Gasteiger partial charge in [-0.25, -0.2) is 4.98 Å². The van der Waals surface area contributed by atoms with Gasteiger partial charge >= 0.3 is 0 Å². The molecule has 1 atom stereocenters. The first-order valence-electron chi connectivity index (χ1n) is 12.0. The lowest BCUT2D eigenvalue weighted by atomic mass is 10.0. The lowest BCUT2D eigenvalue weighted by molar-refractivity contribution is 0.0927. The van der Waals surface area contributed by atoms with Crippen molar-refractivity contribution in [2.45, 2.75) is 25.3 Å². The number of fused-ring (bicyclic) bond motifs is 1. The van der Waals surface area contributed by atoms with Gasteiger partial charge in [-0.15, -0.1) is 0 Å². The molecule has 1 aromatic heterocycles. The summed E-state index contributed by atoms with van der Waals surface area (Å²) in [6.07, 6.45) is 3.78. The fourth-order valence-electron chi connectivity index (χ4n) is 4.39. The quantitative estimate of drug-likeness (QED) is 0.398. The van der Waals surface area contributed by atoms with Gasteiger partial charge in [-0.05, 0) is 48.9 Å². The highest BCUT2D eigenvalue weighted by molar-refractivity contribution is 6.07. The van der Waals surface area contributed by atoms with E-state index in [0.29, 0.717) is 70.2 Å². The highest BCUT2D eigenvalue weighted by Crippen LogP contribution is 2.41. The van der Waals surface area contributed by atoms with Crippen LogP contribution in [0, 0.1) is 0 Å². The molecular weight excluding hydrogens is 476 g/mol. The molecule has 2 N–H and O–H groups in total. The Labute approximate surface area is 216 Å². The number of aliphatic hydroxyl groups excluding tert-OH is 1. The summed E-state index contributed by atoms with van der Waals surface area (Å²) in [4.78, 5) is 18.5. The van der Waals surface area contributed by atoms with Crippen molar-refractivity contribution < 1.29 is 33.6 Å². The SMILES string of the molecule is COc1ccc2nc(-c3cc(OC)c(OC)c(OC)c3)cc(C(=O)N[C@@H](CCO)CC3=CCCO3)c2c1. The van der Waals surface area contributed by atoms with Crippen LogP contribution in [0.5, 0.6) is 23.0 Å². The van der Waals surface area contributed by atoms with E-state index in [9.17, 15) is 9.90 Å². The number of aliphatic hydroxyl groups is 1. The van der Waals surface area contributed by atoms with E-state index in [4.69, 9.17) is 28.7 Å². The molecular formula is C28H32N2O7. The minimum absolute atomic E-state index is 0.0557. The molecule has 0 unspecified atom stereocenters. The van der Waals surface area contributed by atoms with Gasteiger partial charge in [0.15, 0.2) is 11.5 Å². The number of nitrogens with one attached hydrogen (secondary N) is 1. The molecule has 2 aromatic carbocycles.